The number of ketones is 1. The highest BCUT2D eigenvalue weighted by Gasteiger charge is 2.87. The van der Waals surface area contributed by atoms with E-state index in [2.05, 4.69) is 0 Å². The Kier molecular flexibility index (Phi) is 3.57. The van der Waals surface area contributed by atoms with E-state index >= 15 is 0 Å². The first-order valence-corrected chi connectivity index (χ1v) is 12.2. The first-order chi connectivity index (χ1) is 16.3. The van der Waals surface area contributed by atoms with Gasteiger partial charge < -0.3 is 28.8 Å². The molecule has 1 aromatic heterocycles. The van der Waals surface area contributed by atoms with E-state index in [0.29, 0.717) is 24.0 Å². The summed E-state index contributed by atoms with van der Waals surface area (Å²) in [6.07, 6.45) is 2.94. The molecule has 2 saturated heterocycles. The summed E-state index contributed by atoms with van der Waals surface area (Å²) in [5.41, 5.74) is -8.69. The third-order valence-electron chi connectivity index (χ3n) is 10.2. The van der Waals surface area contributed by atoms with Gasteiger partial charge in [-0.25, -0.2) is 4.79 Å². The number of esters is 2. The van der Waals surface area contributed by atoms with Crippen LogP contribution in [0, 0.1) is 16.7 Å². The second kappa shape index (κ2) is 5.74. The van der Waals surface area contributed by atoms with Crippen LogP contribution in [0.15, 0.2) is 34.2 Å². The van der Waals surface area contributed by atoms with Crippen molar-refractivity contribution in [1.29, 1.82) is 0 Å². The highest BCUT2D eigenvalue weighted by atomic mass is 16.6. The maximum Gasteiger partial charge on any atom is 0.337 e. The standard InChI is InChI=1S/C26H28O9/c1-21(2)13-9-15(27)35-23(13,4)26(31)16-17-22(3,18(33-19(16)28)12-6-8-32-10-12)7-5-14-24(17,34-14)11-25(26,30)20(21)29/h6,8,10,13-14,18,30-31H,5,7,9,11H2,1-4H3/t13-,14+,18-,22+,23-,24+,25+,26-/m0/s1. The molecule has 9 heteroatoms. The number of carbonyl (C=O) groups excluding carboxylic acids is 3. The number of aliphatic hydroxyl groups is 2. The summed E-state index contributed by atoms with van der Waals surface area (Å²) in [6.45, 7) is 6.79. The smallest absolute Gasteiger partial charge is 0.337 e. The van der Waals surface area contributed by atoms with Crippen molar-refractivity contribution in [2.24, 2.45) is 16.7 Å². The number of carbonyl (C=O) groups is 3. The molecule has 1 spiro atoms. The Morgan fingerprint density at radius 1 is 1.09 bits per heavy atom. The number of fused-ring (bicyclic) bond motifs is 4. The Morgan fingerprint density at radius 2 is 1.83 bits per heavy atom. The van der Waals surface area contributed by atoms with E-state index < -0.39 is 63.0 Å². The van der Waals surface area contributed by atoms with E-state index in [4.69, 9.17) is 18.6 Å². The van der Waals surface area contributed by atoms with Crippen molar-refractivity contribution >= 4 is 17.7 Å². The van der Waals surface area contributed by atoms with E-state index in [-0.39, 0.29) is 24.5 Å². The van der Waals surface area contributed by atoms with Gasteiger partial charge in [-0.2, -0.15) is 0 Å². The van der Waals surface area contributed by atoms with Crippen LogP contribution >= 0.6 is 0 Å². The fourth-order valence-electron chi connectivity index (χ4n) is 8.65. The highest BCUT2D eigenvalue weighted by Crippen LogP contribution is 2.74. The normalized spacial score (nSPS) is 51.0. The van der Waals surface area contributed by atoms with Crippen molar-refractivity contribution in [2.45, 2.75) is 88.0 Å². The van der Waals surface area contributed by atoms with Gasteiger partial charge in [-0.15, -0.1) is 0 Å². The average molecular weight is 485 g/mol. The second-order valence-electron chi connectivity index (χ2n) is 12.2. The molecule has 2 N–H and O–H groups in total. The average Bonchev–Trinajstić information content (AvgIpc) is 3.09. The monoisotopic (exact) mass is 484 g/mol. The number of Topliss-reactive ketones (excluding diaryl/α,β-unsaturated/α-hetero) is 1. The van der Waals surface area contributed by atoms with Gasteiger partial charge in [0, 0.05) is 28.7 Å². The predicted octanol–water partition coefficient (Wildman–Crippen LogP) is 1.91. The summed E-state index contributed by atoms with van der Waals surface area (Å²) in [4.78, 5) is 40.5. The number of rotatable bonds is 1. The van der Waals surface area contributed by atoms with Gasteiger partial charge in [0.25, 0.3) is 0 Å². The second-order valence-corrected chi connectivity index (χ2v) is 12.2. The van der Waals surface area contributed by atoms with Crippen LogP contribution < -0.4 is 0 Å². The molecule has 35 heavy (non-hydrogen) atoms. The fraction of sp³-hybridized carbons (Fsp3) is 0.654. The molecule has 3 aliphatic heterocycles. The zero-order valence-corrected chi connectivity index (χ0v) is 20.0. The van der Waals surface area contributed by atoms with E-state index in [1.165, 1.54) is 19.5 Å². The number of hydrogen-bond acceptors (Lipinski definition) is 9. The Hall–Kier alpha value is -2.49. The van der Waals surface area contributed by atoms with Crippen molar-refractivity contribution in [3.05, 3.63) is 35.3 Å². The molecule has 0 unspecified atom stereocenters. The predicted molar refractivity (Wildman–Crippen MR) is 115 cm³/mol. The molecule has 0 aromatic carbocycles. The molecule has 4 fully saturated rings. The number of hydrogen-bond donors (Lipinski definition) is 2. The van der Waals surface area contributed by atoms with Gasteiger partial charge in [-0.3, -0.25) is 9.59 Å². The van der Waals surface area contributed by atoms with E-state index in [1.54, 1.807) is 19.9 Å². The van der Waals surface area contributed by atoms with Crippen LogP contribution in [0.5, 0.6) is 0 Å². The van der Waals surface area contributed by atoms with Crippen molar-refractivity contribution in [1.82, 2.24) is 0 Å². The lowest BCUT2D eigenvalue weighted by Gasteiger charge is -2.65. The number of furan rings is 1. The molecule has 8 atom stereocenters. The zero-order valence-electron chi connectivity index (χ0n) is 20.0. The van der Waals surface area contributed by atoms with Crippen LogP contribution in [-0.2, 0) is 28.6 Å². The molecule has 0 bridgehead atoms. The van der Waals surface area contributed by atoms with Crippen molar-refractivity contribution in [3.8, 4) is 0 Å². The molecular weight excluding hydrogens is 456 g/mol. The van der Waals surface area contributed by atoms with Gasteiger partial charge >= 0.3 is 11.9 Å². The molecule has 0 radical (unpaired) electrons. The summed E-state index contributed by atoms with van der Waals surface area (Å²) in [7, 11) is 0. The van der Waals surface area contributed by atoms with Gasteiger partial charge in [0.05, 0.1) is 30.6 Å². The van der Waals surface area contributed by atoms with Crippen LogP contribution in [0.1, 0.15) is 65.0 Å². The topological polar surface area (TPSA) is 136 Å². The lowest BCUT2D eigenvalue weighted by molar-refractivity contribution is -0.271. The molecule has 4 heterocycles. The summed E-state index contributed by atoms with van der Waals surface area (Å²) in [5, 5.41) is 24.8. The third-order valence-corrected chi connectivity index (χ3v) is 10.2. The molecule has 0 amide bonds. The molecule has 186 valence electrons. The Bertz CT molecular complexity index is 1260. The number of epoxide rings is 1. The van der Waals surface area contributed by atoms with Crippen molar-refractivity contribution in [2.75, 3.05) is 0 Å². The minimum Gasteiger partial charge on any atom is -0.472 e. The Morgan fingerprint density at radius 3 is 2.51 bits per heavy atom. The third kappa shape index (κ3) is 2.02. The van der Waals surface area contributed by atoms with Crippen LogP contribution in [0.4, 0.5) is 0 Å². The summed E-state index contributed by atoms with van der Waals surface area (Å²) >= 11 is 0. The summed E-state index contributed by atoms with van der Waals surface area (Å²) in [5.74, 6) is -2.82. The molecule has 3 aliphatic carbocycles. The first kappa shape index (κ1) is 21.8. The van der Waals surface area contributed by atoms with Crippen molar-refractivity contribution in [3.63, 3.8) is 0 Å². The maximum atomic E-state index is 14.0. The fourth-order valence-corrected chi connectivity index (χ4v) is 8.65. The van der Waals surface area contributed by atoms with Gasteiger partial charge in [-0.05, 0) is 31.4 Å². The molecule has 2 saturated carbocycles. The minimum absolute atomic E-state index is 0.107. The quantitative estimate of drug-likeness (QED) is 0.452. The van der Waals surface area contributed by atoms with Crippen LogP contribution in [0.3, 0.4) is 0 Å². The lowest BCUT2D eigenvalue weighted by atomic mass is 9.41. The van der Waals surface area contributed by atoms with Gasteiger partial charge in [0.1, 0.15) is 17.3 Å². The van der Waals surface area contributed by atoms with Crippen LogP contribution in [-0.4, -0.2) is 56.4 Å². The summed E-state index contributed by atoms with van der Waals surface area (Å²) < 4.78 is 23.2. The Balaban J connectivity index is 1.56. The van der Waals surface area contributed by atoms with Gasteiger partial charge in [0.15, 0.2) is 17.0 Å². The Labute approximate surface area is 201 Å². The van der Waals surface area contributed by atoms with Crippen molar-refractivity contribution < 1.29 is 43.2 Å². The van der Waals surface area contributed by atoms with Crippen LogP contribution in [0.2, 0.25) is 0 Å². The van der Waals surface area contributed by atoms with Crippen LogP contribution in [0.25, 0.3) is 0 Å². The van der Waals surface area contributed by atoms with E-state index in [0.717, 1.165) is 0 Å². The minimum atomic E-state index is -2.50. The summed E-state index contributed by atoms with van der Waals surface area (Å²) in [6, 6.07) is 1.73. The number of ether oxygens (including phenoxy) is 3. The zero-order chi connectivity index (χ0) is 25.0. The molecule has 6 aliphatic rings. The molecule has 7 rings (SSSR count). The molecular formula is C26H28O9. The SMILES string of the molecule is CC1(C)C(=O)[C@]2(O)C[C@@]34O[C@@H]3CC[C@]3(C)C4=C(C(=O)O[C@H]3c3ccoc3)[C@]2(O)[C@@]2(C)OC(=O)C[C@@H]12. The molecule has 1 aromatic rings. The first-order valence-electron chi connectivity index (χ1n) is 12.2. The lowest BCUT2D eigenvalue weighted by Crippen LogP contribution is -2.83. The van der Waals surface area contributed by atoms with E-state index in [1.807, 2.05) is 6.92 Å². The van der Waals surface area contributed by atoms with Gasteiger partial charge in [-0.1, -0.05) is 20.8 Å². The maximum absolute atomic E-state index is 14.0. The van der Waals surface area contributed by atoms with E-state index in [9.17, 15) is 24.6 Å². The number of cyclic esters (lactones) is 1. The largest absolute Gasteiger partial charge is 0.472 e. The molecule has 9 nitrogen and oxygen atoms in total. The van der Waals surface area contributed by atoms with Gasteiger partial charge in [0.2, 0.25) is 0 Å². The highest BCUT2D eigenvalue weighted by molar-refractivity contribution is 6.04.